The summed E-state index contributed by atoms with van der Waals surface area (Å²) in [6.07, 6.45) is 0. The number of hydrogen-bond donors (Lipinski definition) is 0. The van der Waals surface area contributed by atoms with E-state index in [0.717, 1.165) is 51.2 Å². The lowest BCUT2D eigenvalue weighted by Gasteiger charge is -2.29. The van der Waals surface area contributed by atoms with Crippen LogP contribution in [0, 0.1) is 0 Å². The van der Waals surface area contributed by atoms with Crippen LogP contribution in [0.5, 0.6) is 0 Å². The molecule has 276 valence electrons. The van der Waals surface area contributed by atoms with Crippen molar-refractivity contribution in [2.45, 2.75) is 0 Å². The normalized spacial score (nSPS) is 11.1. The molecule has 0 aliphatic heterocycles. The number of anilines is 9. The molecule has 0 fully saturated rings. The van der Waals surface area contributed by atoms with E-state index in [4.69, 9.17) is 0 Å². The number of para-hydroxylation sites is 5. The number of fused-ring (bicyclic) bond motifs is 3. The fourth-order valence-corrected chi connectivity index (χ4v) is 8.95. The van der Waals surface area contributed by atoms with Crippen LogP contribution in [-0.4, -0.2) is 0 Å². The van der Waals surface area contributed by atoms with Crippen LogP contribution in [0.4, 0.5) is 51.2 Å². The fourth-order valence-electron chi connectivity index (χ4n) is 7.89. The van der Waals surface area contributed by atoms with Gasteiger partial charge < -0.3 is 14.7 Å². The van der Waals surface area contributed by atoms with E-state index in [0.29, 0.717) is 0 Å². The van der Waals surface area contributed by atoms with Crippen molar-refractivity contribution in [3.05, 3.63) is 237 Å². The fraction of sp³-hybridized carbons (Fsp3) is 0. The van der Waals surface area contributed by atoms with E-state index >= 15 is 0 Å². The van der Waals surface area contributed by atoms with E-state index in [9.17, 15) is 0 Å². The van der Waals surface area contributed by atoms with Crippen LogP contribution in [0.25, 0.3) is 31.3 Å². The van der Waals surface area contributed by atoms with E-state index in [1.807, 2.05) is 11.3 Å². The number of thiophene rings is 1. The maximum atomic E-state index is 2.37. The van der Waals surface area contributed by atoms with Gasteiger partial charge in [-0.05, 0) is 132 Å². The Morgan fingerprint density at radius 1 is 0.224 bits per heavy atom. The largest absolute Gasteiger partial charge is 0.311 e. The molecule has 10 rings (SSSR count). The molecule has 0 unspecified atom stereocenters. The highest BCUT2D eigenvalue weighted by Gasteiger charge is 2.19. The van der Waals surface area contributed by atoms with Crippen molar-refractivity contribution < 1.29 is 0 Å². The second-order valence-electron chi connectivity index (χ2n) is 14.2. The van der Waals surface area contributed by atoms with Gasteiger partial charge >= 0.3 is 0 Å². The van der Waals surface area contributed by atoms with Crippen LogP contribution < -0.4 is 14.7 Å². The van der Waals surface area contributed by atoms with Crippen molar-refractivity contribution in [2.75, 3.05) is 14.7 Å². The van der Waals surface area contributed by atoms with Crippen LogP contribution in [0.15, 0.2) is 237 Å². The first-order valence-electron chi connectivity index (χ1n) is 19.6. The Balaban J connectivity index is 1.04. The summed E-state index contributed by atoms with van der Waals surface area (Å²) in [4.78, 5) is 6.99. The Kier molecular flexibility index (Phi) is 9.44. The molecule has 0 radical (unpaired) electrons. The minimum absolute atomic E-state index is 1.08. The van der Waals surface area contributed by atoms with Crippen molar-refractivity contribution >= 4 is 82.7 Å². The Morgan fingerprint density at radius 3 is 1.00 bits per heavy atom. The molecule has 0 N–H and O–H groups in total. The summed E-state index contributed by atoms with van der Waals surface area (Å²) in [5, 5.41) is 2.52. The lowest BCUT2D eigenvalue weighted by molar-refractivity contribution is 1.25. The van der Waals surface area contributed by atoms with Crippen molar-refractivity contribution in [3.63, 3.8) is 0 Å². The summed E-state index contributed by atoms with van der Waals surface area (Å²) >= 11 is 1.85. The van der Waals surface area contributed by atoms with E-state index < -0.39 is 0 Å². The summed E-state index contributed by atoms with van der Waals surface area (Å²) in [5.41, 5.74) is 12.4. The molecule has 0 spiro atoms. The van der Waals surface area contributed by atoms with Gasteiger partial charge in [-0.25, -0.2) is 0 Å². The highest BCUT2D eigenvalue weighted by molar-refractivity contribution is 7.25. The summed E-state index contributed by atoms with van der Waals surface area (Å²) in [6.45, 7) is 0. The number of rotatable bonds is 10. The molecule has 1 aromatic heterocycles. The molecular formula is C54H39N3S. The van der Waals surface area contributed by atoms with E-state index in [-0.39, 0.29) is 0 Å². The first kappa shape index (κ1) is 35.0. The van der Waals surface area contributed by atoms with Crippen molar-refractivity contribution in [2.24, 2.45) is 0 Å². The van der Waals surface area contributed by atoms with Gasteiger partial charge in [0.2, 0.25) is 0 Å². The lowest BCUT2D eigenvalue weighted by atomic mass is 10.0. The topological polar surface area (TPSA) is 9.72 Å². The molecular weight excluding hydrogens is 723 g/mol. The molecule has 10 aromatic rings. The molecule has 0 aliphatic rings. The van der Waals surface area contributed by atoms with Gasteiger partial charge in [0.05, 0.1) is 0 Å². The number of hydrogen-bond acceptors (Lipinski definition) is 4. The molecule has 4 heteroatoms. The van der Waals surface area contributed by atoms with Gasteiger partial charge in [0, 0.05) is 71.4 Å². The third kappa shape index (κ3) is 6.87. The molecule has 3 nitrogen and oxygen atoms in total. The number of benzene rings is 9. The zero-order valence-corrected chi connectivity index (χ0v) is 32.6. The Morgan fingerprint density at radius 2 is 0.534 bits per heavy atom. The van der Waals surface area contributed by atoms with Crippen LogP contribution in [-0.2, 0) is 0 Å². The molecule has 58 heavy (non-hydrogen) atoms. The summed E-state index contributed by atoms with van der Waals surface area (Å²) in [7, 11) is 0. The SMILES string of the molecule is c1ccc(N(c2ccccc2)c2ccc(-c3ccc4sc5ccc(N(c6ccccc6)c6cccc(N(c7ccccc7)c7ccccc7)c6)cc5c4c3)cc2)cc1. The van der Waals surface area contributed by atoms with Crippen molar-refractivity contribution in [3.8, 4) is 11.1 Å². The number of nitrogens with zero attached hydrogens (tertiary/aromatic N) is 3. The molecule has 0 saturated carbocycles. The average Bonchev–Trinajstić information content (AvgIpc) is 3.66. The van der Waals surface area contributed by atoms with Crippen molar-refractivity contribution in [1.82, 2.24) is 0 Å². The van der Waals surface area contributed by atoms with Crippen LogP contribution in [0.2, 0.25) is 0 Å². The third-order valence-electron chi connectivity index (χ3n) is 10.6. The highest BCUT2D eigenvalue weighted by Crippen LogP contribution is 2.44. The van der Waals surface area contributed by atoms with Crippen LogP contribution >= 0.6 is 11.3 Å². The zero-order chi connectivity index (χ0) is 38.7. The maximum Gasteiger partial charge on any atom is 0.0482 e. The molecule has 9 aromatic carbocycles. The van der Waals surface area contributed by atoms with Crippen LogP contribution in [0.3, 0.4) is 0 Å². The molecule has 0 aliphatic carbocycles. The monoisotopic (exact) mass is 761 g/mol. The Hall–Kier alpha value is -7.40. The van der Waals surface area contributed by atoms with Gasteiger partial charge in [0.25, 0.3) is 0 Å². The molecule has 1 heterocycles. The summed E-state index contributed by atoms with van der Waals surface area (Å²) in [6, 6.07) is 84.6. The predicted molar refractivity (Wildman–Crippen MR) is 249 cm³/mol. The second kappa shape index (κ2) is 15.6. The molecule has 0 saturated heterocycles. The van der Waals surface area contributed by atoms with E-state index in [1.54, 1.807) is 0 Å². The highest BCUT2D eigenvalue weighted by atomic mass is 32.1. The van der Waals surface area contributed by atoms with E-state index in [2.05, 4.69) is 251 Å². The Bertz CT molecular complexity index is 2850. The maximum absolute atomic E-state index is 2.37. The quantitative estimate of drug-likeness (QED) is 0.137. The summed E-state index contributed by atoms with van der Waals surface area (Å²) in [5.74, 6) is 0. The first-order chi connectivity index (χ1) is 28.8. The van der Waals surface area contributed by atoms with Gasteiger partial charge in [0.15, 0.2) is 0 Å². The zero-order valence-electron chi connectivity index (χ0n) is 31.8. The average molecular weight is 762 g/mol. The van der Waals surface area contributed by atoms with Gasteiger partial charge in [-0.2, -0.15) is 0 Å². The standard InChI is InChI=1S/C54H39N3S/c1-6-17-42(18-7-1)55(43-19-8-2-9-20-43)47-32-29-40(30-33-47)41-31-35-53-51(37-41)52-39-50(34-36-54(52)58-53)57(46-25-14-5-15-26-46)49-28-16-27-48(38-49)56(44-21-10-3-11-22-44)45-23-12-4-13-24-45/h1-39H. The van der Waals surface area contributed by atoms with Gasteiger partial charge in [0.1, 0.15) is 0 Å². The first-order valence-corrected chi connectivity index (χ1v) is 20.4. The summed E-state index contributed by atoms with van der Waals surface area (Å²) < 4.78 is 2.55. The third-order valence-corrected chi connectivity index (χ3v) is 11.7. The van der Waals surface area contributed by atoms with Gasteiger partial charge in [-0.3, -0.25) is 0 Å². The smallest absolute Gasteiger partial charge is 0.0482 e. The van der Waals surface area contributed by atoms with E-state index in [1.165, 1.54) is 31.3 Å². The minimum atomic E-state index is 1.08. The molecule has 0 atom stereocenters. The second-order valence-corrected chi connectivity index (χ2v) is 15.3. The molecule has 0 amide bonds. The van der Waals surface area contributed by atoms with Gasteiger partial charge in [-0.15, -0.1) is 11.3 Å². The van der Waals surface area contributed by atoms with Gasteiger partial charge in [-0.1, -0.05) is 115 Å². The lowest BCUT2D eigenvalue weighted by Crippen LogP contribution is -2.13. The van der Waals surface area contributed by atoms with Crippen molar-refractivity contribution in [1.29, 1.82) is 0 Å². The molecule has 0 bridgehead atoms. The predicted octanol–water partition coefficient (Wildman–Crippen LogP) is 16.1. The Labute approximate surface area is 343 Å². The minimum Gasteiger partial charge on any atom is -0.311 e. The van der Waals surface area contributed by atoms with Crippen LogP contribution in [0.1, 0.15) is 0 Å².